The molecule has 0 aliphatic rings. The largest absolute Gasteiger partial charge is 0.455 e. The van der Waals surface area contributed by atoms with Gasteiger partial charge >= 0.3 is 0 Å². The van der Waals surface area contributed by atoms with E-state index in [0.29, 0.717) is 0 Å². The Morgan fingerprint density at radius 3 is 1.25 bits per heavy atom. The molecule has 1 heterocycles. The summed E-state index contributed by atoms with van der Waals surface area (Å²) < 4.78 is 6.49. The topological polar surface area (TPSA) is 13.1 Å². The predicted octanol–water partition coefficient (Wildman–Crippen LogP) is 15.4. The molecule has 0 amide bonds. The van der Waals surface area contributed by atoms with Gasteiger partial charge in [-0.05, 0) is 101 Å². The molecule has 0 atom stereocenters. The van der Waals surface area contributed by atoms with Crippen LogP contribution in [0.1, 0.15) is 0 Å². The van der Waals surface area contributed by atoms with Crippen molar-refractivity contribution < 1.29 is 4.42 Å². The lowest BCUT2D eigenvalue weighted by Gasteiger charge is -2.19. The highest BCUT2D eigenvalue weighted by Crippen LogP contribution is 2.47. The molecule has 55 heavy (non-hydrogen) atoms. The second kappa shape index (κ2) is 12.7. The fraction of sp³-hybridized carbons (Fsp3) is 0. The van der Waals surface area contributed by atoms with Crippen molar-refractivity contribution in [1.29, 1.82) is 0 Å². The lowest BCUT2D eigenvalue weighted by atomic mass is 9.84. The standard InChI is InChI=1S/C54H34O/c1-3-13-35(14-4-1)37-23-27-39(28-24-37)52-44-19-8-9-20-45(44)53(40-29-25-38(26-30-40)36-15-5-2-6-16-36)49-33-41(31-32-46(49)52)48-34-50-43-18-11-12-22-51(43)55-54(50)47-21-10-7-17-42(47)48/h1-34H. The van der Waals surface area contributed by atoms with Crippen LogP contribution in [0.15, 0.2) is 211 Å². The van der Waals surface area contributed by atoms with Crippen LogP contribution in [0.4, 0.5) is 0 Å². The maximum absolute atomic E-state index is 6.49. The summed E-state index contributed by atoms with van der Waals surface area (Å²) in [6.45, 7) is 0. The smallest absolute Gasteiger partial charge is 0.143 e. The highest BCUT2D eigenvalue weighted by molar-refractivity contribution is 6.23. The molecule has 11 rings (SSSR count). The molecule has 1 heteroatoms. The van der Waals surface area contributed by atoms with E-state index in [1.165, 1.54) is 82.6 Å². The second-order valence-electron chi connectivity index (χ2n) is 14.4. The minimum Gasteiger partial charge on any atom is -0.455 e. The molecule has 0 fully saturated rings. The summed E-state index contributed by atoms with van der Waals surface area (Å²) in [7, 11) is 0. The molecular weight excluding hydrogens is 665 g/mol. The van der Waals surface area contributed by atoms with Crippen LogP contribution >= 0.6 is 0 Å². The molecule has 11 aromatic rings. The zero-order valence-electron chi connectivity index (χ0n) is 30.0. The van der Waals surface area contributed by atoms with Gasteiger partial charge in [-0.15, -0.1) is 0 Å². The monoisotopic (exact) mass is 698 g/mol. The average molecular weight is 699 g/mol. The Balaban J connectivity index is 1.19. The summed E-state index contributed by atoms with van der Waals surface area (Å²) in [6, 6.07) is 74.8. The van der Waals surface area contributed by atoms with E-state index in [2.05, 4.69) is 200 Å². The van der Waals surface area contributed by atoms with Crippen molar-refractivity contribution in [3.8, 4) is 55.6 Å². The Morgan fingerprint density at radius 2 is 0.655 bits per heavy atom. The lowest BCUT2D eigenvalue weighted by Crippen LogP contribution is -1.92. The second-order valence-corrected chi connectivity index (χ2v) is 14.4. The number of hydrogen-bond acceptors (Lipinski definition) is 1. The number of fused-ring (bicyclic) bond motifs is 7. The van der Waals surface area contributed by atoms with Crippen molar-refractivity contribution in [3.05, 3.63) is 206 Å². The van der Waals surface area contributed by atoms with E-state index in [1.54, 1.807) is 0 Å². The molecule has 1 nitrogen and oxygen atoms in total. The van der Waals surface area contributed by atoms with Crippen LogP contribution in [0, 0.1) is 0 Å². The minimum atomic E-state index is 0.911. The molecule has 0 saturated heterocycles. The SMILES string of the molecule is c1ccc(-c2ccc(-c3c4ccccc4c(-c4ccc(-c5ccccc5)cc4)c4cc(-c5cc6c7ccccc7oc6c6ccccc56)ccc34)cc2)cc1. The summed E-state index contributed by atoms with van der Waals surface area (Å²) in [5, 5.41) is 9.52. The van der Waals surface area contributed by atoms with Crippen LogP contribution in [0.5, 0.6) is 0 Å². The number of hydrogen-bond donors (Lipinski definition) is 0. The number of rotatable bonds is 5. The van der Waals surface area contributed by atoms with Crippen molar-refractivity contribution in [2.24, 2.45) is 0 Å². The highest BCUT2D eigenvalue weighted by Gasteiger charge is 2.20. The normalized spacial score (nSPS) is 11.6. The zero-order chi connectivity index (χ0) is 36.3. The van der Waals surface area contributed by atoms with E-state index < -0.39 is 0 Å². The summed E-state index contributed by atoms with van der Waals surface area (Å²) in [5.74, 6) is 0. The van der Waals surface area contributed by atoms with Gasteiger partial charge in [0.2, 0.25) is 0 Å². The molecule has 256 valence electrons. The third-order valence-electron chi connectivity index (χ3n) is 11.3. The number of benzene rings is 10. The van der Waals surface area contributed by atoms with Crippen LogP contribution in [-0.4, -0.2) is 0 Å². The molecule has 0 aliphatic carbocycles. The van der Waals surface area contributed by atoms with Crippen molar-refractivity contribution >= 4 is 54.3 Å². The van der Waals surface area contributed by atoms with Crippen molar-refractivity contribution in [2.75, 3.05) is 0 Å². The molecule has 0 unspecified atom stereocenters. The fourth-order valence-corrected chi connectivity index (χ4v) is 8.67. The maximum atomic E-state index is 6.49. The third-order valence-corrected chi connectivity index (χ3v) is 11.3. The van der Waals surface area contributed by atoms with Crippen LogP contribution in [0.2, 0.25) is 0 Å². The first-order valence-corrected chi connectivity index (χ1v) is 18.9. The molecule has 0 spiro atoms. The molecule has 10 aromatic carbocycles. The lowest BCUT2D eigenvalue weighted by molar-refractivity contribution is 0.672. The van der Waals surface area contributed by atoms with E-state index in [0.717, 1.165) is 27.3 Å². The molecule has 0 saturated carbocycles. The van der Waals surface area contributed by atoms with Gasteiger partial charge < -0.3 is 4.42 Å². The van der Waals surface area contributed by atoms with Crippen molar-refractivity contribution in [3.63, 3.8) is 0 Å². The quantitative estimate of drug-likeness (QED) is 0.163. The molecule has 0 aliphatic heterocycles. The Kier molecular flexibility index (Phi) is 7.25. The van der Waals surface area contributed by atoms with Crippen molar-refractivity contribution in [1.82, 2.24) is 0 Å². The molecule has 0 radical (unpaired) electrons. The average Bonchev–Trinajstić information content (AvgIpc) is 3.65. The molecule has 0 N–H and O–H groups in total. The minimum absolute atomic E-state index is 0.911. The Morgan fingerprint density at radius 1 is 0.236 bits per heavy atom. The van der Waals surface area contributed by atoms with Gasteiger partial charge in [0.1, 0.15) is 11.2 Å². The van der Waals surface area contributed by atoms with E-state index in [1.807, 2.05) is 6.07 Å². The Bertz CT molecular complexity index is 3210. The van der Waals surface area contributed by atoms with Gasteiger partial charge in [0.25, 0.3) is 0 Å². The summed E-state index contributed by atoms with van der Waals surface area (Å²) in [6.07, 6.45) is 0. The summed E-state index contributed by atoms with van der Waals surface area (Å²) in [4.78, 5) is 0. The van der Waals surface area contributed by atoms with Gasteiger partial charge in [0.05, 0.1) is 0 Å². The first-order valence-electron chi connectivity index (χ1n) is 18.9. The fourth-order valence-electron chi connectivity index (χ4n) is 8.67. The van der Waals surface area contributed by atoms with Gasteiger partial charge in [-0.1, -0.05) is 188 Å². The molecular formula is C54H34O. The predicted molar refractivity (Wildman–Crippen MR) is 233 cm³/mol. The number of furan rings is 1. The first-order chi connectivity index (χ1) is 27.3. The van der Waals surface area contributed by atoms with Crippen LogP contribution < -0.4 is 0 Å². The van der Waals surface area contributed by atoms with Gasteiger partial charge in [0, 0.05) is 16.2 Å². The first kappa shape index (κ1) is 31.3. The van der Waals surface area contributed by atoms with E-state index >= 15 is 0 Å². The van der Waals surface area contributed by atoms with E-state index in [9.17, 15) is 0 Å². The molecule has 0 bridgehead atoms. The van der Waals surface area contributed by atoms with Gasteiger partial charge in [-0.2, -0.15) is 0 Å². The number of para-hydroxylation sites is 1. The molecule has 1 aromatic heterocycles. The van der Waals surface area contributed by atoms with Gasteiger partial charge in [-0.25, -0.2) is 0 Å². The van der Waals surface area contributed by atoms with Crippen LogP contribution in [0.25, 0.3) is 110 Å². The maximum Gasteiger partial charge on any atom is 0.143 e. The highest BCUT2D eigenvalue weighted by atomic mass is 16.3. The summed E-state index contributed by atoms with van der Waals surface area (Å²) in [5.41, 5.74) is 14.0. The van der Waals surface area contributed by atoms with Crippen LogP contribution in [0.3, 0.4) is 0 Å². The van der Waals surface area contributed by atoms with E-state index in [4.69, 9.17) is 4.42 Å². The Labute approximate surface area is 319 Å². The van der Waals surface area contributed by atoms with Crippen molar-refractivity contribution in [2.45, 2.75) is 0 Å². The van der Waals surface area contributed by atoms with Crippen LogP contribution in [-0.2, 0) is 0 Å². The van der Waals surface area contributed by atoms with Gasteiger partial charge in [-0.3, -0.25) is 0 Å². The summed E-state index contributed by atoms with van der Waals surface area (Å²) >= 11 is 0. The third kappa shape index (κ3) is 5.16. The van der Waals surface area contributed by atoms with E-state index in [-0.39, 0.29) is 0 Å². The van der Waals surface area contributed by atoms with Gasteiger partial charge in [0.15, 0.2) is 0 Å². The zero-order valence-corrected chi connectivity index (χ0v) is 30.0. The Hall–Kier alpha value is -7.22.